The highest BCUT2D eigenvalue weighted by Crippen LogP contribution is 2.30. The highest BCUT2D eigenvalue weighted by Gasteiger charge is 2.34. The van der Waals surface area contributed by atoms with E-state index >= 15 is 0 Å². The van der Waals surface area contributed by atoms with Gasteiger partial charge in [0.2, 0.25) is 0 Å². The topological polar surface area (TPSA) is 56.0 Å². The average molecular weight is 206 g/mol. The fourth-order valence-corrected chi connectivity index (χ4v) is 0.865. The molecular formula is C7H5F3N2O2. The lowest BCUT2D eigenvalue weighted by Crippen LogP contribution is -2.09. The van der Waals surface area contributed by atoms with Crippen LogP contribution in [0.2, 0.25) is 0 Å². The molecule has 0 aliphatic heterocycles. The normalized spacial score (nSPS) is 11.4. The summed E-state index contributed by atoms with van der Waals surface area (Å²) in [5.41, 5.74) is -1.73. The number of aromatic nitrogens is 1. The summed E-state index contributed by atoms with van der Waals surface area (Å²) in [6.07, 6.45) is -3.82. The van der Waals surface area contributed by atoms with Crippen LogP contribution in [0.15, 0.2) is 12.3 Å². The molecule has 1 aromatic heterocycles. The van der Waals surface area contributed by atoms with Crippen molar-refractivity contribution in [3.05, 3.63) is 33.6 Å². The van der Waals surface area contributed by atoms with Gasteiger partial charge < -0.3 is 0 Å². The minimum absolute atomic E-state index is 0.100. The van der Waals surface area contributed by atoms with E-state index in [1.807, 2.05) is 0 Å². The van der Waals surface area contributed by atoms with E-state index in [0.717, 1.165) is 6.20 Å². The van der Waals surface area contributed by atoms with Crippen LogP contribution in [0.4, 0.5) is 18.9 Å². The van der Waals surface area contributed by atoms with E-state index < -0.39 is 22.5 Å². The van der Waals surface area contributed by atoms with E-state index in [-0.39, 0.29) is 5.56 Å². The van der Waals surface area contributed by atoms with Gasteiger partial charge in [-0.05, 0) is 6.92 Å². The smallest absolute Gasteiger partial charge is 0.258 e. The molecule has 1 aromatic rings. The zero-order chi connectivity index (χ0) is 10.9. The van der Waals surface area contributed by atoms with Gasteiger partial charge in [0.05, 0.1) is 4.92 Å². The Morgan fingerprint density at radius 3 is 2.50 bits per heavy atom. The Labute approximate surface area is 76.5 Å². The van der Waals surface area contributed by atoms with E-state index in [4.69, 9.17) is 0 Å². The van der Waals surface area contributed by atoms with Crippen molar-refractivity contribution in [3.8, 4) is 0 Å². The molecule has 76 valence electrons. The SMILES string of the molecule is Cc1cnc(C(F)(F)F)cc1[N+](=O)[O-]. The molecule has 0 amide bonds. The molecule has 0 radical (unpaired) electrons. The lowest BCUT2D eigenvalue weighted by atomic mass is 10.2. The van der Waals surface area contributed by atoms with Gasteiger partial charge in [-0.2, -0.15) is 13.2 Å². The van der Waals surface area contributed by atoms with Crippen molar-refractivity contribution >= 4 is 5.69 Å². The highest BCUT2D eigenvalue weighted by atomic mass is 19.4. The van der Waals surface area contributed by atoms with Crippen LogP contribution < -0.4 is 0 Å². The summed E-state index contributed by atoms with van der Waals surface area (Å²) in [7, 11) is 0. The van der Waals surface area contributed by atoms with E-state index in [2.05, 4.69) is 4.98 Å². The monoisotopic (exact) mass is 206 g/mol. The Morgan fingerprint density at radius 2 is 2.07 bits per heavy atom. The Bertz CT molecular complexity index is 376. The fraction of sp³-hybridized carbons (Fsp3) is 0.286. The molecule has 0 aliphatic rings. The second kappa shape index (κ2) is 3.24. The summed E-state index contributed by atoms with van der Waals surface area (Å²) in [6.45, 7) is 1.32. The van der Waals surface area contributed by atoms with Gasteiger partial charge in [0.15, 0.2) is 5.69 Å². The molecule has 0 bridgehead atoms. The number of nitro groups is 1. The molecule has 0 atom stereocenters. The number of halogens is 3. The summed E-state index contributed by atoms with van der Waals surface area (Å²) in [6, 6.07) is 0.426. The molecule has 0 saturated heterocycles. The zero-order valence-corrected chi connectivity index (χ0v) is 7.00. The van der Waals surface area contributed by atoms with Crippen molar-refractivity contribution in [2.45, 2.75) is 13.1 Å². The Hall–Kier alpha value is -1.66. The number of rotatable bonds is 1. The highest BCUT2D eigenvalue weighted by molar-refractivity contribution is 5.39. The molecule has 1 rings (SSSR count). The molecular weight excluding hydrogens is 201 g/mol. The molecule has 0 fully saturated rings. The van der Waals surface area contributed by atoms with Gasteiger partial charge in [-0.3, -0.25) is 15.1 Å². The first-order valence-corrected chi connectivity index (χ1v) is 3.50. The van der Waals surface area contributed by atoms with Crippen LogP contribution in [0.1, 0.15) is 11.3 Å². The third-order valence-electron chi connectivity index (χ3n) is 1.56. The van der Waals surface area contributed by atoms with Gasteiger partial charge in [-0.25, -0.2) is 0 Å². The van der Waals surface area contributed by atoms with Crippen molar-refractivity contribution in [1.29, 1.82) is 0 Å². The first-order chi connectivity index (χ1) is 6.32. The maximum absolute atomic E-state index is 12.1. The van der Waals surface area contributed by atoms with E-state index in [1.54, 1.807) is 0 Å². The Morgan fingerprint density at radius 1 is 1.50 bits per heavy atom. The molecule has 14 heavy (non-hydrogen) atoms. The second-order valence-electron chi connectivity index (χ2n) is 2.61. The van der Waals surface area contributed by atoms with Gasteiger partial charge >= 0.3 is 6.18 Å². The summed E-state index contributed by atoms with van der Waals surface area (Å²) < 4.78 is 36.2. The number of pyridine rings is 1. The van der Waals surface area contributed by atoms with Gasteiger partial charge in [0.25, 0.3) is 5.69 Å². The summed E-state index contributed by atoms with van der Waals surface area (Å²) in [5.74, 6) is 0. The number of hydrogen-bond acceptors (Lipinski definition) is 3. The first-order valence-electron chi connectivity index (χ1n) is 3.50. The van der Waals surface area contributed by atoms with Crippen LogP contribution in [-0.2, 0) is 6.18 Å². The molecule has 0 aromatic carbocycles. The van der Waals surface area contributed by atoms with E-state index in [1.165, 1.54) is 6.92 Å². The molecule has 0 N–H and O–H groups in total. The molecule has 0 aliphatic carbocycles. The molecule has 1 heterocycles. The predicted molar refractivity (Wildman–Crippen MR) is 40.6 cm³/mol. The van der Waals surface area contributed by atoms with Crippen LogP contribution in [0.5, 0.6) is 0 Å². The third-order valence-corrected chi connectivity index (χ3v) is 1.56. The van der Waals surface area contributed by atoms with Crippen molar-refractivity contribution in [1.82, 2.24) is 4.98 Å². The van der Waals surface area contributed by atoms with Crippen LogP contribution >= 0.6 is 0 Å². The second-order valence-corrected chi connectivity index (χ2v) is 2.61. The predicted octanol–water partition coefficient (Wildman–Crippen LogP) is 2.32. The Kier molecular flexibility index (Phi) is 2.41. The molecule has 0 unspecified atom stereocenters. The number of hydrogen-bond donors (Lipinski definition) is 0. The van der Waals surface area contributed by atoms with Crippen LogP contribution in [0.25, 0.3) is 0 Å². The number of nitrogens with zero attached hydrogens (tertiary/aromatic N) is 2. The molecule has 0 spiro atoms. The fourth-order valence-electron chi connectivity index (χ4n) is 0.865. The molecule has 7 heteroatoms. The van der Waals surface area contributed by atoms with Gasteiger partial charge in [0, 0.05) is 17.8 Å². The van der Waals surface area contributed by atoms with E-state index in [9.17, 15) is 23.3 Å². The Balaban J connectivity index is 3.27. The maximum Gasteiger partial charge on any atom is 0.433 e. The lowest BCUT2D eigenvalue weighted by Gasteiger charge is -2.05. The van der Waals surface area contributed by atoms with Gasteiger partial charge in [-0.1, -0.05) is 0 Å². The largest absolute Gasteiger partial charge is 0.433 e. The molecule has 4 nitrogen and oxygen atoms in total. The quantitative estimate of drug-likeness (QED) is 0.523. The minimum Gasteiger partial charge on any atom is -0.258 e. The standard InChI is InChI=1S/C7H5F3N2O2/c1-4-3-11-6(7(8,9)10)2-5(4)12(13)14/h2-3H,1H3. The molecule has 0 saturated carbocycles. The van der Waals surface area contributed by atoms with Crippen molar-refractivity contribution < 1.29 is 18.1 Å². The summed E-state index contributed by atoms with van der Waals surface area (Å²) >= 11 is 0. The van der Waals surface area contributed by atoms with Crippen molar-refractivity contribution in [2.24, 2.45) is 0 Å². The van der Waals surface area contributed by atoms with Crippen LogP contribution in [0, 0.1) is 17.0 Å². The van der Waals surface area contributed by atoms with Gasteiger partial charge in [-0.15, -0.1) is 0 Å². The van der Waals surface area contributed by atoms with Crippen molar-refractivity contribution in [3.63, 3.8) is 0 Å². The zero-order valence-electron chi connectivity index (χ0n) is 7.00. The summed E-state index contributed by atoms with van der Waals surface area (Å²) in [4.78, 5) is 12.5. The lowest BCUT2D eigenvalue weighted by molar-refractivity contribution is -0.385. The average Bonchev–Trinajstić information content (AvgIpc) is 2.02. The third kappa shape index (κ3) is 1.98. The van der Waals surface area contributed by atoms with E-state index in [0.29, 0.717) is 6.07 Å². The first kappa shape index (κ1) is 10.4. The number of alkyl halides is 3. The van der Waals surface area contributed by atoms with Crippen molar-refractivity contribution in [2.75, 3.05) is 0 Å². The van der Waals surface area contributed by atoms with Gasteiger partial charge in [0.1, 0.15) is 0 Å². The minimum atomic E-state index is -4.65. The van der Waals surface area contributed by atoms with Crippen LogP contribution in [-0.4, -0.2) is 9.91 Å². The number of aryl methyl sites for hydroxylation is 1. The van der Waals surface area contributed by atoms with Crippen LogP contribution in [0.3, 0.4) is 0 Å². The maximum atomic E-state index is 12.1. The summed E-state index contributed by atoms with van der Waals surface area (Å²) in [5, 5.41) is 10.3.